The van der Waals surface area contributed by atoms with Gasteiger partial charge in [0.05, 0.1) is 5.41 Å². The lowest BCUT2D eigenvalue weighted by Gasteiger charge is -2.16. The smallest absolute Gasteiger partial charge is 0.426 e. The molecule has 0 aromatic heterocycles. The highest BCUT2D eigenvalue weighted by molar-refractivity contribution is 6.58. The van der Waals surface area contributed by atoms with E-state index in [1.807, 2.05) is 0 Å². The molecule has 86 valence electrons. The molecular formula is C11H15BO4. The van der Waals surface area contributed by atoms with E-state index in [0.717, 1.165) is 0 Å². The monoisotopic (exact) mass is 222 g/mol. The second-order valence-corrected chi connectivity index (χ2v) is 4.58. The number of hydrogen-bond donors (Lipinski definition) is 2. The zero-order chi connectivity index (χ0) is 12.3. The number of carbonyl (C=O) groups is 1. The van der Waals surface area contributed by atoms with Crippen molar-refractivity contribution in [3.8, 4) is 5.75 Å². The van der Waals surface area contributed by atoms with Gasteiger partial charge in [-0.15, -0.1) is 0 Å². The lowest BCUT2D eigenvalue weighted by Crippen LogP contribution is -2.29. The number of esters is 1. The molecule has 4 nitrogen and oxygen atoms in total. The van der Waals surface area contributed by atoms with E-state index in [-0.39, 0.29) is 5.97 Å². The molecule has 0 spiro atoms. The van der Waals surface area contributed by atoms with E-state index in [2.05, 4.69) is 0 Å². The van der Waals surface area contributed by atoms with Crippen molar-refractivity contribution in [1.82, 2.24) is 0 Å². The Morgan fingerprint density at radius 1 is 1.19 bits per heavy atom. The fourth-order valence-electron chi connectivity index (χ4n) is 0.968. The van der Waals surface area contributed by atoms with E-state index in [0.29, 0.717) is 11.2 Å². The van der Waals surface area contributed by atoms with Crippen LogP contribution in [0.5, 0.6) is 5.75 Å². The van der Waals surface area contributed by atoms with E-state index < -0.39 is 12.5 Å². The van der Waals surface area contributed by atoms with E-state index in [1.54, 1.807) is 20.8 Å². The summed E-state index contributed by atoms with van der Waals surface area (Å²) in [6.45, 7) is 5.30. The van der Waals surface area contributed by atoms with Gasteiger partial charge in [0.15, 0.2) is 0 Å². The zero-order valence-corrected chi connectivity index (χ0v) is 9.60. The van der Waals surface area contributed by atoms with Crippen molar-refractivity contribution in [3.63, 3.8) is 0 Å². The Kier molecular flexibility index (Phi) is 3.72. The molecule has 2 N–H and O–H groups in total. The number of ether oxygens (including phenoxy) is 1. The SMILES string of the molecule is CC(C)(C)C(=O)Oc1ccc(B(O)O)cc1. The van der Waals surface area contributed by atoms with Crippen LogP contribution >= 0.6 is 0 Å². The Morgan fingerprint density at radius 3 is 2.06 bits per heavy atom. The molecule has 0 bridgehead atoms. The summed E-state index contributed by atoms with van der Waals surface area (Å²) in [6.07, 6.45) is 0. The topological polar surface area (TPSA) is 66.8 Å². The molecule has 0 radical (unpaired) electrons. The van der Waals surface area contributed by atoms with Crippen LogP contribution in [0.2, 0.25) is 0 Å². The van der Waals surface area contributed by atoms with Crippen LogP contribution in [0.4, 0.5) is 0 Å². The van der Waals surface area contributed by atoms with Crippen molar-refractivity contribution in [2.75, 3.05) is 0 Å². The van der Waals surface area contributed by atoms with Gasteiger partial charge in [0.25, 0.3) is 0 Å². The largest absolute Gasteiger partial charge is 0.488 e. The lowest BCUT2D eigenvalue weighted by atomic mass is 9.80. The molecule has 0 atom stereocenters. The molecule has 0 aliphatic heterocycles. The van der Waals surface area contributed by atoms with Crippen molar-refractivity contribution in [1.29, 1.82) is 0 Å². The molecule has 0 fully saturated rings. The third-order valence-corrected chi connectivity index (χ3v) is 2.00. The van der Waals surface area contributed by atoms with Gasteiger partial charge in [-0.1, -0.05) is 12.1 Å². The maximum atomic E-state index is 11.5. The summed E-state index contributed by atoms with van der Waals surface area (Å²) in [7, 11) is -1.51. The van der Waals surface area contributed by atoms with Gasteiger partial charge in [0.1, 0.15) is 5.75 Å². The normalized spacial score (nSPS) is 11.1. The highest BCUT2D eigenvalue weighted by atomic mass is 16.5. The van der Waals surface area contributed by atoms with Crippen LogP contribution in [0.1, 0.15) is 20.8 Å². The van der Waals surface area contributed by atoms with E-state index in [4.69, 9.17) is 14.8 Å². The first-order valence-corrected chi connectivity index (χ1v) is 4.99. The third kappa shape index (κ3) is 3.36. The van der Waals surface area contributed by atoms with Crippen molar-refractivity contribution < 1.29 is 19.6 Å². The molecular weight excluding hydrogens is 207 g/mol. The molecule has 0 amide bonds. The maximum absolute atomic E-state index is 11.5. The predicted octanol–water partition coefficient (Wildman–Crippen LogP) is 0.318. The first-order chi connectivity index (χ1) is 7.30. The molecule has 0 aliphatic carbocycles. The fourth-order valence-corrected chi connectivity index (χ4v) is 0.968. The standard InChI is InChI=1S/C11H15BO4/c1-11(2,3)10(13)16-9-6-4-8(5-7-9)12(14)15/h4-7,14-15H,1-3H3. The van der Waals surface area contributed by atoms with E-state index in [1.165, 1.54) is 24.3 Å². The first kappa shape index (κ1) is 12.7. The first-order valence-electron chi connectivity index (χ1n) is 4.99. The number of benzene rings is 1. The van der Waals surface area contributed by atoms with Crippen LogP contribution in [0.25, 0.3) is 0 Å². The molecule has 1 aromatic rings. The Morgan fingerprint density at radius 2 is 1.69 bits per heavy atom. The molecule has 0 aliphatic rings. The van der Waals surface area contributed by atoms with Crippen LogP contribution in [0, 0.1) is 5.41 Å². The van der Waals surface area contributed by atoms with Gasteiger partial charge in [-0.3, -0.25) is 4.79 Å². The summed E-state index contributed by atoms with van der Waals surface area (Å²) in [5.41, 5.74) is -0.203. The second-order valence-electron chi connectivity index (χ2n) is 4.58. The van der Waals surface area contributed by atoms with Crippen LogP contribution in [0.15, 0.2) is 24.3 Å². The minimum atomic E-state index is -1.51. The summed E-state index contributed by atoms with van der Waals surface area (Å²) in [6, 6.07) is 6.04. The van der Waals surface area contributed by atoms with Crippen LogP contribution in [-0.2, 0) is 4.79 Å². The van der Waals surface area contributed by atoms with Crippen LogP contribution in [-0.4, -0.2) is 23.1 Å². The van der Waals surface area contributed by atoms with Gasteiger partial charge in [0.2, 0.25) is 0 Å². The van der Waals surface area contributed by atoms with E-state index >= 15 is 0 Å². The fraction of sp³-hybridized carbons (Fsp3) is 0.364. The van der Waals surface area contributed by atoms with Gasteiger partial charge in [-0.05, 0) is 38.4 Å². The van der Waals surface area contributed by atoms with Crippen molar-refractivity contribution >= 4 is 18.6 Å². The van der Waals surface area contributed by atoms with Crippen LogP contribution in [0.3, 0.4) is 0 Å². The molecule has 0 saturated heterocycles. The Hall–Kier alpha value is -1.33. The van der Waals surface area contributed by atoms with Crippen LogP contribution < -0.4 is 10.2 Å². The summed E-state index contributed by atoms with van der Waals surface area (Å²) in [5, 5.41) is 17.7. The summed E-state index contributed by atoms with van der Waals surface area (Å²) < 4.78 is 5.11. The zero-order valence-electron chi connectivity index (χ0n) is 9.60. The third-order valence-electron chi connectivity index (χ3n) is 2.00. The molecule has 0 heterocycles. The molecule has 1 aromatic carbocycles. The molecule has 0 unspecified atom stereocenters. The second kappa shape index (κ2) is 4.68. The highest BCUT2D eigenvalue weighted by Crippen LogP contribution is 2.18. The minimum Gasteiger partial charge on any atom is -0.426 e. The summed E-state index contributed by atoms with van der Waals surface area (Å²) in [5.74, 6) is 0.0640. The molecule has 1 rings (SSSR count). The summed E-state index contributed by atoms with van der Waals surface area (Å²) in [4.78, 5) is 11.5. The number of hydrogen-bond acceptors (Lipinski definition) is 4. The van der Waals surface area contributed by atoms with Gasteiger partial charge in [-0.2, -0.15) is 0 Å². The van der Waals surface area contributed by atoms with E-state index in [9.17, 15) is 4.79 Å². The van der Waals surface area contributed by atoms with Gasteiger partial charge < -0.3 is 14.8 Å². The van der Waals surface area contributed by atoms with Gasteiger partial charge in [-0.25, -0.2) is 0 Å². The molecule has 16 heavy (non-hydrogen) atoms. The van der Waals surface area contributed by atoms with Crippen molar-refractivity contribution in [2.24, 2.45) is 5.41 Å². The Balaban J connectivity index is 2.73. The maximum Gasteiger partial charge on any atom is 0.488 e. The quantitative estimate of drug-likeness (QED) is 0.429. The predicted molar refractivity (Wildman–Crippen MR) is 61.4 cm³/mol. The number of carbonyl (C=O) groups excluding carboxylic acids is 1. The van der Waals surface area contributed by atoms with Gasteiger partial charge in [0, 0.05) is 0 Å². The van der Waals surface area contributed by atoms with Crippen molar-refractivity contribution in [2.45, 2.75) is 20.8 Å². The Labute approximate surface area is 95.0 Å². The minimum absolute atomic E-state index is 0.329. The average Bonchev–Trinajstić information content (AvgIpc) is 2.17. The lowest BCUT2D eigenvalue weighted by molar-refractivity contribution is -0.142. The Bertz CT molecular complexity index is 365. The average molecular weight is 222 g/mol. The van der Waals surface area contributed by atoms with Crippen molar-refractivity contribution in [3.05, 3.63) is 24.3 Å². The number of rotatable bonds is 2. The highest BCUT2D eigenvalue weighted by Gasteiger charge is 2.23. The summed E-state index contributed by atoms with van der Waals surface area (Å²) >= 11 is 0. The van der Waals surface area contributed by atoms with Gasteiger partial charge >= 0.3 is 13.1 Å². The molecule has 0 saturated carbocycles. The molecule has 5 heteroatoms.